The lowest BCUT2D eigenvalue weighted by Crippen LogP contribution is -2.49. The summed E-state index contributed by atoms with van der Waals surface area (Å²) in [6.45, 7) is 3.58. The second-order valence-electron chi connectivity index (χ2n) is 7.01. The number of rotatable bonds is 5. The number of likely N-dealkylation sites (tertiary alicyclic amines) is 1. The number of amides is 1. The topological polar surface area (TPSA) is 86.1 Å². The van der Waals surface area contributed by atoms with Gasteiger partial charge in [0.25, 0.3) is 5.91 Å². The Bertz CT molecular complexity index is 827. The monoisotopic (exact) mass is 373 g/mol. The number of aryl methyl sites for hydroxylation is 1. The number of carbonyl (C=O) groups excluding carboxylic acids is 1. The fourth-order valence-electron chi connectivity index (χ4n) is 3.42. The smallest absolute Gasteiger partial charge is 0.260 e. The van der Waals surface area contributed by atoms with E-state index in [1.165, 1.54) is 0 Å². The molecule has 8 heteroatoms. The summed E-state index contributed by atoms with van der Waals surface area (Å²) in [7, 11) is 0. The largest absolute Gasteiger partial charge is 0.484 e. The molecule has 144 valence electrons. The first-order valence-corrected chi connectivity index (χ1v) is 9.03. The van der Waals surface area contributed by atoms with Crippen LogP contribution in [0.4, 0.5) is 0 Å². The van der Waals surface area contributed by atoms with Crippen LogP contribution >= 0.6 is 0 Å². The molecular weight excluding hydrogens is 350 g/mol. The Kier molecular flexibility index (Phi) is 4.65. The number of imidazole rings is 1. The molecule has 0 saturated carbocycles. The molecule has 2 aliphatic heterocycles. The molecule has 27 heavy (non-hydrogen) atoms. The van der Waals surface area contributed by atoms with Gasteiger partial charge < -0.3 is 28.8 Å². The van der Waals surface area contributed by atoms with Crippen molar-refractivity contribution in [2.45, 2.75) is 31.9 Å². The predicted molar refractivity (Wildman–Crippen MR) is 95.8 cm³/mol. The summed E-state index contributed by atoms with van der Waals surface area (Å²) in [5.41, 5.74) is -0.819. The number of hydrogen-bond acceptors (Lipinski definition) is 6. The standard InChI is InChI=1S/C19H23N3O5/c1-14-20-6-9-22(14)12-19(24)4-7-21(8-5-19)18(23)11-25-15-2-3-16-17(10-15)27-13-26-16/h2-3,6,9-10,24H,4-5,7-8,11-13H2,1H3. The Labute approximate surface area is 157 Å². The van der Waals surface area contributed by atoms with E-state index in [9.17, 15) is 9.90 Å². The lowest BCUT2D eigenvalue weighted by atomic mass is 9.91. The van der Waals surface area contributed by atoms with Crippen molar-refractivity contribution in [3.63, 3.8) is 0 Å². The van der Waals surface area contributed by atoms with Crippen LogP contribution in [0.5, 0.6) is 17.2 Å². The molecule has 0 unspecified atom stereocenters. The van der Waals surface area contributed by atoms with Crippen molar-refractivity contribution < 1.29 is 24.1 Å². The number of hydrogen-bond donors (Lipinski definition) is 1. The molecule has 0 spiro atoms. The van der Waals surface area contributed by atoms with Crippen LogP contribution in [0.2, 0.25) is 0 Å². The lowest BCUT2D eigenvalue weighted by molar-refractivity contribution is -0.138. The molecule has 3 heterocycles. The van der Waals surface area contributed by atoms with Gasteiger partial charge in [-0.3, -0.25) is 4.79 Å². The molecule has 1 fully saturated rings. The second-order valence-corrected chi connectivity index (χ2v) is 7.01. The summed E-state index contributed by atoms with van der Waals surface area (Å²) < 4.78 is 18.1. The van der Waals surface area contributed by atoms with Crippen LogP contribution in [0, 0.1) is 6.92 Å². The highest BCUT2D eigenvalue weighted by Crippen LogP contribution is 2.35. The maximum atomic E-state index is 12.4. The summed E-state index contributed by atoms with van der Waals surface area (Å²) in [6.07, 6.45) is 4.65. The van der Waals surface area contributed by atoms with Crippen molar-refractivity contribution in [1.29, 1.82) is 0 Å². The molecule has 0 bridgehead atoms. The molecule has 1 saturated heterocycles. The third-order valence-electron chi connectivity index (χ3n) is 5.14. The Morgan fingerprint density at radius 3 is 2.81 bits per heavy atom. The zero-order chi connectivity index (χ0) is 18.9. The highest BCUT2D eigenvalue weighted by atomic mass is 16.7. The maximum absolute atomic E-state index is 12.4. The van der Waals surface area contributed by atoms with Crippen LogP contribution < -0.4 is 14.2 Å². The first kappa shape index (κ1) is 17.7. The molecular formula is C19H23N3O5. The zero-order valence-electron chi connectivity index (χ0n) is 15.3. The van der Waals surface area contributed by atoms with Gasteiger partial charge in [0, 0.05) is 31.5 Å². The van der Waals surface area contributed by atoms with E-state index in [4.69, 9.17) is 14.2 Å². The van der Waals surface area contributed by atoms with Gasteiger partial charge in [0.15, 0.2) is 18.1 Å². The molecule has 8 nitrogen and oxygen atoms in total. The van der Waals surface area contributed by atoms with Crippen molar-refractivity contribution in [2.75, 3.05) is 26.5 Å². The molecule has 1 aromatic heterocycles. The molecule has 1 amide bonds. The van der Waals surface area contributed by atoms with Crippen LogP contribution in [0.25, 0.3) is 0 Å². The Balaban J connectivity index is 1.28. The fourth-order valence-corrected chi connectivity index (χ4v) is 3.42. The van der Waals surface area contributed by atoms with Gasteiger partial charge in [-0.05, 0) is 31.9 Å². The summed E-state index contributed by atoms with van der Waals surface area (Å²) >= 11 is 0. The van der Waals surface area contributed by atoms with E-state index in [1.807, 2.05) is 17.7 Å². The van der Waals surface area contributed by atoms with E-state index in [-0.39, 0.29) is 19.3 Å². The van der Waals surface area contributed by atoms with Gasteiger partial charge in [-0.2, -0.15) is 0 Å². The van der Waals surface area contributed by atoms with Gasteiger partial charge in [-0.25, -0.2) is 4.98 Å². The zero-order valence-corrected chi connectivity index (χ0v) is 15.3. The van der Waals surface area contributed by atoms with Crippen molar-refractivity contribution in [2.24, 2.45) is 0 Å². The lowest BCUT2D eigenvalue weighted by Gasteiger charge is -2.38. The summed E-state index contributed by atoms with van der Waals surface area (Å²) in [6, 6.07) is 5.24. The SMILES string of the molecule is Cc1nccn1CC1(O)CCN(C(=O)COc2ccc3c(c2)OCO3)CC1. The van der Waals surface area contributed by atoms with E-state index < -0.39 is 5.60 Å². The molecule has 0 aliphatic carbocycles. The quantitative estimate of drug-likeness (QED) is 0.852. The van der Waals surface area contributed by atoms with Gasteiger partial charge in [0.2, 0.25) is 6.79 Å². The van der Waals surface area contributed by atoms with E-state index in [0.717, 1.165) is 5.82 Å². The van der Waals surface area contributed by atoms with Crippen LogP contribution in [0.3, 0.4) is 0 Å². The highest BCUT2D eigenvalue weighted by Gasteiger charge is 2.34. The van der Waals surface area contributed by atoms with Crippen LogP contribution in [-0.4, -0.2) is 57.6 Å². The number of carbonyl (C=O) groups is 1. The minimum absolute atomic E-state index is 0.0430. The van der Waals surface area contributed by atoms with Crippen molar-refractivity contribution in [3.8, 4) is 17.2 Å². The number of piperidine rings is 1. The van der Waals surface area contributed by atoms with Gasteiger partial charge in [-0.15, -0.1) is 0 Å². The first-order chi connectivity index (χ1) is 13.0. The molecule has 0 atom stereocenters. The maximum Gasteiger partial charge on any atom is 0.260 e. The average Bonchev–Trinajstić information content (AvgIpc) is 3.28. The first-order valence-electron chi connectivity index (χ1n) is 9.03. The number of benzene rings is 1. The van der Waals surface area contributed by atoms with Gasteiger partial charge in [0.05, 0.1) is 12.1 Å². The molecule has 2 aromatic rings. The van der Waals surface area contributed by atoms with E-state index in [0.29, 0.717) is 49.7 Å². The summed E-state index contributed by atoms with van der Waals surface area (Å²) in [4.78, 5) is 18.4. The van der Waals surface area contributed by atoms with E-state index in [1.54, 1.807) is 29.3 Å². The Morgan fingerprint density at radius 2 is 2.07 bits per heavy atom. The highest BCUT2D eigenvalue weighted by molar-refractivity contribution is 5.78. The Morgan fingerprint density at radius 1 is 1.30 bits per heavy atom. The second kappa shape index (κ2) is 7.11. The third-order valence-corrected chi connectivity index (χ3v) is 5.14. The minimum Gasteiger partial charge on any atom is -0.484 e. The number of nitrogens with zero attached hydrogens (tertiary/aromatic N) is 3. The number of ether oxygens (including phenoxy) is 3. The molecule has 1 N–H and O–H groups in total. The predicted octanol–water partition coefficient (Wildman–Crippen LogP) is 1.35. The average molecular weight is 373 g/mol. The van der Waals surface area contributed by atoms with E-state index in [2.05, 4.69) is 4.98 Å². The van der Waals surface area contributed by atoms with Crippen molar-refractivity contribution in [1.82, 2.24) is 14.5 Å². The number of aliphatic hydroxyl groups is 1. The number of aromatic nitrogens is 2. The summed E-state index contributed by atoms with van der Waals surface area (Å²) in [5.74, 6) is 2.65. The van der Waals surface area contributed by atoms with Gasteiger partial charge >= 0.3 is 0 Å². The van der Waals surface area contributed by atoms with E-state index >= 15 is 0 Å². The van der Waals surface area contributed by atoms with Crippen molar-refractivity contribution in [3.05, 3.63) is 36.4 Å². The Hall–Kier alpha value is -2.74. The van der Waals surface area contributed by atoms with Crippen LogP contribution in [0.15, 0.2) is 30.6 Å². The minimum atomic E-state index is -0.819. The van der Waals surface area contributed by atoms with Gasteiger partial charge in [-0.1, -0.05) is 0 Å². The fraction of sp³-hybridized carbons (Fsp3) is 0.474. The molecule has 0 radical (unpaired) electrons. The number of fused-ring (bicyclic) bond motifs is 1. The normalized spacial score (nSPS) is 17.8. The summed E-state index contributed by atoms with van der Waals surface area (Å²) in [5, 5.41) is 10.8. The third kappa shape index (κ3) is 3.85. The van der Waals surface area contributed by atoms with Crippen LogP contribution in [-0.2, 0) is 11.3 Å². The molecule has 2 aliphatic rings. The van der Waals surface area contributed by atoms with Crippen LogP contribution in [0.1, 0.15) is 18.7 Å². The van der Waals surface area contributed by atoms with Gasteiger partial charge in [0.1, 0.15) is 11.6 Å². The molecule has 1 aromatic carbocycles. The molecule has 4 rings (SSSR count). The van der Waals surface area contributed by atoms with Crippen molar-refractivity contribution >= 4 is 5.91 Å².